The Morgan fingerprint density at radius 3 is 2.62 bits per heavy atom. The summed E-state index contributed by atoms with van der Waals surface area (Å²) in [5, 5.41) is 0. The fourth-order valence-corrected chi connectivity index (χ4v) is 1.33. The summed E-state index contributed by atoms with van der Waals surface area (Å²) in [6.45, 7) is 8.33. The Hall–Kier alpha value is -0.260. The van der Waals surface area contributed by atoms with E-state index in [1.54, 1.807) is 0 Å². The molecular formula is C8H14. The molecule has 1 saturated carbocycles. The third-order valence-corrected chi connectivity index (χ3v) is 2.42. The minimum atomic E-state index is 0.523. The number of rotatable bonds is 2. The summed E-state index contributed by atoms with van der Waals surface area (Å²) in [4.78, 5) is 0. The third kappa shape index (κ3) is 0.683. The first-order chi connectivity index (χ1) is 3.73. The fraction of sp³-hybridized carbons (Fsp3) is 0.750. The van der Waals surface area contributed by atoms with Gasteiger partial charge in [0.05, 0.1) is 0 Å². The van der Waals surface area contributed by atoms with Gasteiger partial charge in [-0.05, 0) is 17.8 Å². The molecule has 0 N–H and O–H groups in total. The summed E-state index contributed by atoms with van der Waals surface area (Å²) < 4.78 is 0. The van der Waals surface area contributed by atoms with Crippen LogP contribution in [0.1, 0.15) is 26.7 Å². The van der Waals surface area contributed by atoms with Gasteiger partial charge in [-0.1, -0.05) is 26.3 Å². The lowest BCUT2D eigenvalue weighted by Crippen LogP contribution is -1.89. The van der Waals surface area contributed by atoms with E-state index in [0.717, 1.165) is 5.92 Å². The van der Waals surface area contributed by atoms with Crippen LogP contribution in [0.3, 0.4) is 0 Å². The molecular weight excluding hydrogens is 96.1 g/mol. The van der Waals surface area contributed by atoms with Crippen molar-refractivity contribution in [2.45, 2.75) is 26.7 Å². The van der Waals surface area contributed by atoms with Gasteiger partial charge in [0.1, 0.15) is 0 Å². The highest BCUT2D eigenvalue weighted by Gasteiger charge is 2.45. The Labute approximate surface area is 51.6 Å². The molecule has 0 bridgehead atoms. The van der Waals surface area contributed by atoms with E-state index in [1.807, 2.05) is 0 Å². The van der Waals surface area contributed by atoms with E-state index in [-0.39, 0.29) is 0 Å². The molecule has 1 rings (SSSR count). The van der Waals surface area contributed by atoms with Crippen LogP contribution in [0.15, 0.2) is 12.7 Å². The SMILES string of the molecule is C=CC1(C)CC1CC. The molecule has 0 saturated heterocycles. The van der Waals surface area contributed by atoms with Crippen LogP contribution in [-0.2, 0) is 0 Å². The highest BCUT2D eigenvalue weighted by molar-refractivity contribution is 5.08. The van der Waals surface area contributed by atoms with E-state index in [4.69, 9.17) is 0 Å². The molecule has 0 aromatic heterocycles. The quantitative estimate of drug-likeness (QED) is 0.479. The van der Waals surface area contributed by atoms with Crippen LogP contribution in [-0.4, -0.2) is 0 Å². The molecule has 0 heteroatoms. The first-order valence-electron chi connectivity index (χ1n) is 3.36. The second-order valence-electron chi connectivity index (χ2n) is 3.02. The van der Waals surface area contributed by atoms with Crippen molar-refractivity contribution in [2.75, 3.05) is 0 Å². The zero-order valence-electron chi connectivity index (χ0n) is 5.78. The maximum atomic E-state index is 3.79. The van der Waals surface area contributed by atoms with Crippen LogP contribution in [0.5, 0.6) is 0 Å². The van der Waals surface area contributed by atoms with Crippen LogP contribution in [0.25, 0.3) is 0 Å². The molecule has 0 heterocycles. The minimum Gasteiger partial charge on any atom is -0.103 e. The standard InChI is InChI=1S/C8H14/c1-4-7-6-8(7,3)5-2/h5,7H,2,4,6H2,1,3H3. The number of hydrogen-bond donors (Lipinski definition) is 0. The van der Waals surface area contributed by atoms with E-state index >= 15 is 0 Å². The molecule has 0 radical (unpaired) electrons. The first-order valence-corrected chi connectivity index (χ1v) is 3.36. The summed E-state index contributed by atoms with van der Waals surface area (Å²) in [6, 6.07) is 0. The minimum absolute atomic E-state index is 0.523. The molecule has 1 fully saturated rings. The van der Waals surface area contributed by atoms with E-state index in [0.29, 0.717) is 5.41 Å². The maximum Gasteiger partial charge on any atom is -0.0118 e. The second-order valence-corrected chi connectivity index (χ2v) is 3.02. The van der Waals surface area contributed by atoms with Crippen molar-refractivity contribution in [3.05, 3.63) is 12.7 Å². The Morgan fingerprint density at radius 1 is 1.88 bits per heavy atom. The molecule has 0 aromatic carbocycles. The van der Waals surface area contributed by atoms with Gasteiger partial charge in [-0.15, -0.1) is 6.58 Å². The number of hydrogen-bond acceptors (Lipinski definition) is 0. The van der Waals surface area contributed by atoms with Gasteiger partial charge in [-0.2, -0.15) is 0 Å². The Bertz CT molecular complexity index is 105. The van der Waals surface area contributed by atoms with Crippen molar-refractivity contribution >= 4 is 0 Å². The number of allylic oxidation sites excluding steroid dienone is 1. The van der Waals surface area contributed by atoms with Gasteiger partial charge in [0.2, 0.25) is 0 Å². The van der Waals surface area contributed by atoms with Crippen molar-refractivity contribution in [3.63, 3.8) is 0 Å². The van der Waals surface area contributed by atoms with E-state index in [2.05, 4.69) is 26.5 Å². The predicted molar refractivity (Wildman–Crippen MR) is 36.7 cm³/mol. The zero-order valence-corrected chi connectivity index (χ0v) is 5.78. The Morgan fingerprint density at radius 2 is 2.50 bits per heavy atom. The largest absolute Gasteiger partial charge is 0.103 e. The summed E-state index contributed by atoms with van der Waals surface area (Å²) in [6.07, 6.45) is 4.79. The van der Waals surface area contributed by atoms with E-state index in [9.17, 15) is 0 Å². The van der Waals surface area contributed by atoms with Crippen molar-refractivity contribution in [3.8, 4) is 0 Å². The summed E-state index contributed by atoms with van der Waals surface area (Å²) in [5.74, 6) is 0.944. The van der Waals surface area contributed by atoms with Gasteiger partial charge in [0, 0.05) is 0 Å². The lowest BCUT2D eigenvalue weighted by Gasteiger charge is -1.98. The van der Waals surface area contributed by atoms with Crippen molar-refractivity contribution < 1.29 is 0 Å². The van der Waals surface area contributed by atoms with Crippen LogP contribution < -0.4 is 0 Å². The lowest BCUT2D eigenvalue weighted by atomic mass is 10.1. The molecule has 2 atom stereocenters. The molecule has 2 unspecified atom stereocenters. The third-order valence-electron chi connectivity index (χ3n) is 2.42. The molecule has 0 spiro atoms. The molecule has 0 aliphatic heterocycles. The smallest absolute Gasteiger partial charge is 0.0118 e. The molecule has 8 heavy (non-hydrogen) atoms. The molecule has 46 valence electrons. The van der Waals surface area contributed by atoms with Gasteiger partial charge in [-0.25, -0.2) is 0 Å². The first kappa shape index (κ1) is 5.87. The van der Waals surface area contributed by atoms with Crippen LogP contribution in [0, 0.1) is 11.3 Å². The summed E-state index contributed by atoms with van der Waals surface area (Å²) in [7, 11) is 0. The molecule has 0 amide bonds. The summed E-state index contributed by atoms with van der Waals surface area (Å²) >= 11 is 0. The monoisotopic (exact) mass is 110 g/mol. The van der Waals surface area contributed by atoms with Crippen molar-refractivity contribution in [2.24, 2.45) is 11.3 Å². The summed E-state index contributed by atoms with van der Waals surface area (Å²) in [5.41, 5.74) is 0.523. The zero-order chi connectivity index (χ0) is 6.20. The van der Waals surface area contributed by atoms with Gasteiger partial charge >= 0.3 is 0 Å². The van der Waals surface area contributed by atoms with Gasteiger partial charge in [0.25, 0.3) is 0 Å². The highest BCUT2D eigenvalue weighted by atomic mass is 14.5. The molecule has 0 nitrogen and oxygen atoms in total. The van der Waals surface area contributed by atoms with Crippen LogP contribution in [0.4, 0.5) is 0 Å². The Kier molecular flexibility index (Phi) is 1.18. The van der Waals surface area contributed by atoms with Gasteiger partial charge < -0.3 is 0 Å². The molecule has 1 aliphatic rings. The topological polar surface area (TPSA) is 0 Å². The van der Waals surface area contributed by atoms with E-state index in [1.165, 1.54) is 12.8 Å². The second kappa shape index (κ2) is 1.61. The van der Waals surface area contributed by atoms with E-state index < -0.39 is 0 Å². The van der Waals surface area contributed by atoms with Crippen LogP contribution >= 0.6 is 0 Å². The fourth-order valence-electron chi connectivity index (χ4n) is 1.33. The highest BCUT2D eigenvalue weighted by Crippen LogP contribution is 2.54. The Balaban J connectivity index is 2.42. The normalized spacial score (nSPS) is 44.0. The van der Waals surface area contributed by atoms with Gasteiger partial charge in [0.15, 0.2) is 0 Å². The van der Waals surface area contributed by atoms with Crippen LogP contribution in [0.2, 0.25) is 0 Å². The lowest BCUT2D eigenvalue weighted by molar-refractivity contribution is 0.613. The maximum absolute atomic E-state index is 3.79. The average molecular weight is 110 g/mol. The molecule has 1 aliphatic carbocycles. The molecule has 0 aromatic rings. The van der Waals surface area contributed by atoms with Crippen molar-refractivity contribution in [1.82, 2.24) is 0 Å². The van der Waals surface area contributed by atoms with Crippen molar-refractivity contribution in [1.29, 1.82) is 0 Å². The average Bonchev–Trinajstić information content (AvgIpc) is 2.44. The predicted octanol–water partition coefficient (Wildman–Crippen LogP) is 2.61. The van der Waals surface area contributed by atoms with Gasteiger partial charge in [-0.3, -0.25) is 0 Å².